The molecule has 4 nitrogen and oxygen atoms in total. The van der Waals surface area contributed by atoms with Crippen LogP contribution in [0.25, 0.3) is 10.9 Å². The van der Waals surface area contributed by atoms with E-state index in [1.165, 1.54) is 6.07 Å². The van der Waals surface area contributed by atoms with E-state index in [9.17, 15) is 9.90 Å². The summed E-state index contributed by atoms with van der Waals surface area (Å²) in [6.45, 7) is 0. The maximum absolute atomic E-state index is 11.4. The number of nitrogens with one attached hydrogen (secondary N) is 1. The number of hydrogen-bond donors (Lipinski definition) is 2. The summed E-state index contributed by atoms with van der Waals surface area (Å²) in [6, 6.07) is 15.8. The molecular weight excluding hydrogens is 288 g/mol. The Balaban J connectivity index is 2.06. The summed E-state index contributed by atoms with van der Waals surface area (Å²) in [5.41, 5.74) is 1.64. The van der Waals surface area contributed by atoms with Crippen LogP contribution in [0.5, 0.6) is 0 Å². The molecule has 0 atom stereocenters. The van der Waals surface area contributed by atoms with Gasteiger partial charge in [-0.15, -0.1) is 0 Å². The number of rotatable bonds is 3. The van der Waals surface area contributed by atoms with Gasteiger partial charge < -0.3 is 10.4 Å². The van der Waals surface area contributed by atoms with Crippen molar-refractivity contribution in [2.75, 3.05) is 5.32 Å². The second-order valence-corrected chi connectivity index (χ2v) is 4.95. The predicted octanol–water partition coefficient (Wildman–Crippen LogP) is 4.33. The van der Waals surface area contributed by atoms with Crippen molar-refractivity contribution in [2.24, 2.45) is 0 Å². The number of benzene rings is 2. The number of aromatic carboxylic acids is 1. The molecule has 104 valence electrons. The fourth-order valence-electron chi connectivity index (χ4n) is 2.10. The zero-order valence-electron chi connectivity index (χ0n) is 10.9. The SMILES string of the molecule is O=C(O)c1cc(Nc2ccc(Cl)cc2)nc2ccccc12. The molecule has 0 saturated heterocycles. The van der Waals surface area contributed by atoms with Gasteiger partial charge in [-0.25, -0.2) is 9.78 Å². The molecule has 21 heavy (non-hydrogen) atoms. The molecule has 0 bridgehead atoms. The molecule has 5 heteroatoms. The first kappa shape index (κ1) is 13.4. The number of hydrogen-bond acceptors (Lipinski definition) is 3. The van der Waals surface area contributed by atoms with E-state index in [4.69, 9.17) is 11.6 Å². The lowest BCUT2D eigenvalue weighted by Gasteiger charge is -2.09. The molecular formula is C16H11ClN2O2. The second kappa shape index (κ2) is 5.42. The molecule has 2 aromatic carbocycles. The predicted molar refractivity (Wildman–Crippen MR) is 83.4 cm³/mol. The Morgan fingerprint density at radius 2 is 1.81 bits per heavy atom. The summed E-state index contributed by atoms with van der Waals surface area (Å²) in [6.07, 6.45) is 0. The maximum atomic E-state index is 11.4. The van der Waals surface area contributed by atoms with Gasteiger partial charge in [0.1, 0.15) is 5.82 Å². The summed E-state index contributed by atoms with van der Waals surface area (Å²) in [4.78, 5) is 15.8. The number of carboxylic acids is 1. The average Bonchev–Trinajstić information content (AvgIpc) is 2.48. The number of anilines is 2. The van der Waals surface area contributed by atoms with Crippen LogP contribution in [-0.4, -0.2) is 16.1 Å². The molecule has 0 amide bonds. The highest BCUT2D eigenvalue weighted by Gasteiger charge is 2.11. The lowest BCUT2D eigenvalue weighted by atomic mass is 10.1. The fraction of sp³-hybridized carbons (Fsp3) is 0. The largest absolute Gasteiger partial charge is 0.478 e. The Labute approximate surface area is 126 Å². The number of para-hydroxylation sites is 1. The molecule has 3 aromatic rings. The van der Waals surface area contributed by atoms with Gasteiger partial charge in [-0.2, -0.15) is 0 Å². The summed E-state index contributed by atoms with van der Waals surface area (Å²) in [5, 5.41) is 13.7. The zero-order valence-corrected chi connectivity index (χ0v) is 11.6. The first-order valence-electron chi connectivity index (χ1n) is 6.29. The van der Waals surface area contributed by atoms with Crippen LogP contribution in [-0.2, 0) is 0 Å². The third kappa shape index (κ3) is 2.80. The Hall–Kier alpha value is -2.59. The van der Waals surface area contributed by atoms with Crippen LogP contribution in [0.1, 0.15) is 10.4 Å². The van der Waals surface area contributed by atoms with Gasteiger partial charge in [-0.1, -0.05) is 29.8 Å². The standard InChI is InChI=1S/C16H11ClN2O2/c17-10-5-7-11(8-6-10)18-15-9-13(16(20)21)12-3-1-2-4-14(12)19-15/h1-9H,(H,18,19)(H,20,21). The molecule has 0 fully saturated rings. The number of carboxylic acid groups (broad SMARTS) is 1. The normalized spacial score (nSPS) is 10.5. The molecule has 2 N–H and O–H groups in total. The summed E-state index contributed by atoms with van der Waals surface area (Å²) in [5.74, 6) is -0.499. The molecule has 3 rings (SSSR count). The van der Waals surface area contributed by atoms with Gasteiger partial charge in [0.05, 0.1) is 11.1 Å². The monoisotopic (exact) mass is 298 g/mol. The third-order valence-electron chi connectivity index (χ3n) is 3.06. The van der Waals surface area contributed by atoms with E-state index in [-0.39, 0.29) is 5.56 Å². The van der Waals surface area contributed by atoms with Crippen LogP contribution in [0, 0.1) is 0 Å². The molecule has 0 spiro atoms. The Morgan fingerprint density at radius 3 is 2.52 bits per heavy atom. The van der Waals surface area contributed by atoms with Crippen molar-refractivity contribution in [2.45, 2.75) is 0 Å². The molecule has 0 radical (unpaired) electrons. The molecule has 1 heterocycles. The number of fused-ring (bicyclic) bond motifs is 1. The number of carbonyl (C=O) groups is 1. The quantitative estimate of drug-likeness (QED) is 0.755. The molecule has 0 aliphatic carbocycles. The van der Waals surface area contributed by atoms with E-state index < -0.39 is 5.97 Å². The first-order chi connectivity index (χ1) is 10.1. The first-order valence-corrected chi connectivity index (χ1v) is 6.67. The molecule has 0 unspecified atom stereocenters. The van der Waals surface area contributed by atoms with Crippen molar-refractivity contribution in [1.29, 1.82) is 0 Å². The van der Waals surface area contributed by atoms with Crippen LogP contribution in [0.15, 0.2) is 54.6 Å². The molecule has 0 aliphatic heterocycles. The van der Waals surface area contributed by atoms with Crippen molar-refractivity contribution < 1.29 is 9.90 Å². The minimum absolute atomic E-state index is 0.220. The average molecular weight is 299 g/mol. The van der Waals surface area contributed by atoms with E-state index in [2.05, 4.69) is 10.3 Å². The van der Waals surface area contributed by atoms with Crippen LogP contribution in [0.3, 0.4) is 0 Å². The smallest absolute Gasteiger partial charge is 0.336 e. The van der Waals surface area contributed by atoms with E-state index in [1.807, 2.05) is 6.07 Å². The van der Waals surface area contributed by atoms with Crippen molar-refractivity contribution in [1.82, 2.24) is 4.98 Å². The highest BCUT2D eigenvalue weighted by atomic mass is 35.5. The Morgan fingerprint density at radius 1 is 1.10 bits per heavy atom. The minimum atomic E-state index is -0.979. The highest BCUT2D eigenvalue weighted by molar-refractivity contribution is 6.30. The van der Waals surface area contributed by atoms with Gasteiger partial charge in [-0.3, -0.25) is 0 Å². The summed E-state index contributed by atoms with van der Waals surface area (Å²) < 4.78 is 0. The van der Waals surface area contributed by atoms with Crippen molar-refractivity contribution in [3.63, 3.8) is 0 Å². The van der Waals surface area contributed by atoms with Crippen molar-refractivity contribution >= 4 is 40.0 Å². The van der Waals surface area contributed by atoms with E-state index in [1.54, 1.807) is 42.5 Å². The van der Waals surface area contributed by atoms with Crippen LogP contribution >= 0.6 is 11.6 Å². The van der Waals surface area contributed by atoms with Gasteiger partial charge in [0.15, 0.2) is 0 Å². The van der Waals surface area contributed by atoms with Crippen molar-refractivity contribution in [3.05, 3.63) is 65.2 Å². The van der Waals surface area contributed by atoms with E-state index in [0.717, 1.165) is 5.69 Å². The maximum Gasteiger partial charge on any atom is 0.336 e. The molecule has 0 aliphatic rings. The minimum Gasteiger partial charge on any atom is -0.478 e. The second-order valence-electron chi connectivity index (χ2n) is 4.51. The molecule has 0 saturated carbocycles. The lowest BCUT2D eigenvalue weighted by molar-refractivity contribution is 0.0699. The zero-order chi connectivity index (χ0) is 14.8. The third-order valence-corrected chi connectivity index (χ3v) is 3.32. The van der Waals surface area contributed by atoms with Gasteiger partial charge in [0, 0.05) is 16.1 Å². The lowest BCUT2D eigenvalue weighted by Crippen LogP contribution is -2.02. The van der Waals surface area contributed by atoms with Gasteiger partial charge in [0.25, 0.3) is 0 Å². The Bertz CT molecular complexity index is 816. The topological polar surface area (TPSA) is 62.2 Å². The van der Waals surface area contributed by atoms with Gasteiger partial charge in [0.2, 0.25) is 0 Å². The summed E-state index contributed by atoms with van der Waals surface area (Å²) in [7, 11) is 0. The highest BCUT2D eigenvalue weighted by Crippen LogP contribution is 2.23. The fourth-order valence-corrected chi connectivity index (χ4v) is 2.22. The van der Waals surface area contributed by atoms with E-state index in [0.29, 0.717) is 21.7 Å². The number of halogens is 1. The summed E-state index contributed by atoms with van der Waals surface area (Å²) >= 11 is 5.84. The van der Waals surface area contributed by atoms with E-state index >= 15 is 0 Å². The number of nitrogens with zero attached hydrogens (tertiary/aromatic N) is 1. The van der Waals surface area contributed by atoms with Gasteiger partial charge >= 0.3 is 5.97 Å². The van der Waals surface area contributed by atoms with Crippen LogP contribution in [0.2, 0.25) is 5.02 Å². The Kier molecular flexibility index (Phi) is 3.46. The van der Waals surface area contributed by atoms with Gasteiger partial charge in [-0.05, 0) is 36.4 Å². The number of pyridine rings is 1. The molecule has 1 aromatic heterocycles. The van der Waals surface area contributed by atoms with Crippen molar-refractivity contribution in [3.8, 4) is 0 Å². The van der Waals surface area contributed by atoms with Crippen LogP contribution in [0.4, 0.5) is 11.5 Å². The number of aromatic nitrogens is 1. The van der Waals surface area contributed by atoms with Crippen LogP contribution < -0.4 is 5.32 Å².